The predicted molar refractivity (Wildman–Crippen MR) is 108 cm³/mol. The van der Waals surface area contributed by atoms with E-state index in [1.165, 1.54) is 5.56 Å². The second kappa shape index (κ2) is 8.94. The summed E-state index contributed by atoms with van der Waals surface area (Å²) < 4.78 is 26.9. The Labute approximate surface area is 160 Å². The first-order valence-corrected chi connectivity index (χ1v) is 10.5. The highest BCUT2D eigenvalue weighted by Crippen LogP contribution is 2.21. The van der Waals surface area contributed by atoms with Gasteiger partial charge in [-0.05, 0) is 18.6 Å². The van der Waals surface area contributed by atoms with Crippen molar-refractivity contribution in [2.45, 2.75) is 20.0 Å². The Morgan fingerprint density at radius 2 is 1.85 bits per heavy atom. The predicted octanol–water partition coefficient (Wildman–Crippen LogP) is 2.59. The molecule has 0 bridgehead atoms. The van der Waals surface area contributed by atoms with E-state index in [1.807, 2.05) is 55.5 Å². The lowest BCUT2D eigenvalue weighted by atomic mass is 10.1. The zero-order valence-electron chi connectivity index (χ0n) is 15.3. The van der Waals surface area contributed by atoms with Gasteiger partial charge >= 0.3 is 0 Å². The highest BCUT2D eigenvalue weighted by atomic mass is 32.2. The van der Waals surface area contributed by atoms with Crippen molar-refractivity contribution in [1.29, 1.82) is 0 Å². The molecular weight excluding hydrogens is 360 g/mol. The summed E-state index contributed by atoms with van der Waals surface area (Å²) in [6, 6.07) is 17.7. The number of nitrogens with one attached hydrogen (secondary N) is 3. The van der Waals surface area contributed by atoms with Crippen LogP contribution in [0.4, 0.5) is 0 Å². The standard InChI is InChI=1S/C20H24N4O2S/c1-16-6-5-9-18(12-16)20-19(15-22-24-20)14-21-10-11-27(25,26)23-13-17-7-3-2-4-8-17/h2-9,12,15,21,23H,10-11,13-14H2,1H3,(H,22,24). The van der Waals surface area contributed by atoms with Gasteiger partial charge in [-0.15, -0.1) is 0 Å². The van der Waals surface area contributed by atoms with Gasteiger partial charge in [0.1, 0.15) is 0 Å². The van der Waals surface area contributed by atoms with E-state index in [0.29, 0.717) is 19.6 Å². The highest BCUT2D eigenvalue weighted by molar-refractivity contribution is 7.89. The molecule has 27 heavy (non-hydrogen) atoms. The molecule has 0 amide bonds. The number of sulfonamides is 1. The summed E-state index contributed by atoms with van der Waals surface area (Å²) in [6.45, 7) is 3.27. The monoisotopic (exact) mass is 384 g/mol. The molecule has 0 saturated carbocycles. The van der Waals surface area contributed by atoms with Gasteiger partial charge < -0.3 is 5.32 Å². The van der Waals surface area contributed by atoms with Gasteiger partial charge in [-0.2, -0.15) is 5.10 Å². The summed E-state index contributed by atoms with van der Waals surface area (Å²) in [5.41, 5.74) is 5.15. The Hall–Kier alpha value is -2.48. The van der Waals surface area contributed by atoms with Crippen molar-refractivity contribution in [3.05, 3.63) is 77.5 Å². The molecule has 7 heteroatoms. The van der Waals surface area contributed by atoms with E-state index in [0.717, 1.165) is 22.4 Å². The first-order valence-electron chi connectivity index (χ1n) is 8.85. The summed E-state index contributed by atoms with van der Waals surface area (Å²) >= 11 is 0. The van der Waals surface area contributed by atoms with Gasteiger partial charge in [-0.3, -0.25) is 5.10 Å². The largest absolute Gasteiger partial charge is 0.311 e. The van der Waals surface area contributed by atoms with Gasteiger partial charge in [-0.25, -0.2) is 13.1 Å². The zero-order valence-corrected chi connectivity index (χ0v) is 16.1. The average Bonchev–Trinajstić information content (AvgIpc) is 3.13. The quantitative estimate of drug-likeness (QED) is 0.495. The summed E-state index contributed by atoms with van der Waals surface area (Å²) in [6.07, 6.45) is 1.77. The summed E-state index contributed by atoms with van der Waals surface area (Å²) in [7, 11) is -3.32. The molecule has 0 spiro atoms. The normalized spacial score (nSPS) is 11.6. The molecule has 0 unspecified atom stereocenters. The number of H-pyrrole nitrogens is 1. The van der Waals surface area contributed by atoms with E-state index in [-0.39, 0.29) is 5.75 Å². The molecule has 6 nitrogen and oxygen atoms in total. The minimum Gasteiger partial charge on any atom is -0.311 e. The maximum absolute atomic E-state index is 12.1. The Kier molecular flexibility index (Phi) is 6.39. The van der Waals surface area contributed by atoms with Crippen LogP contribution in [-0.4, -0.2) is 30.9 Å². The van der Waals surface area contributed by atoms with Crippen molar-refractivity contribution in [3.63, 3.8) is 0 Å². The van der Waals surface area contributed by atoms with Crippen LogP contribution in [-0.2, 0) is 23.1 Å². The molecule has 0 aliphatic rings. The van der Waals surface area contributed by atoms with Crippen LogP contribution in [0.2, 0.25) is 0 Å². The molecule has 0 aliphatic heterocycles. The minimum atomic E-state index is -3.32. The maximum Gasteiger partial charge on any atom is 0.213 e. The third kappa shape index (κ3) is 5.75. The van der Waals surface area contributed by atoms with Crippen LogP contribution in [0.1, 0.15) is 16.7 Å². The lowest BCUT2D eigenvalue weighted by molar-refractivity contribution is 0.576. The molecule has 1 aromatic heterocycles. The SMILES string of the molecule is Cc1cccc(-c2[nH]ncc2CNCCS(=O)(=O)NCc2ccccc2)c1. The second-order valence-corrected chi connectivity index (χ2v) is 8.37. The van der Waals surface area contributed by atoms with Crippen molar-refractivity contribution in [1.82, 2.24) is 20.2 Å². The fraction of sp³-hybridized carbons (Fsp3) is 0.250. The third-order valence-electron chi connectivity index (χ3n) is 4.23. The number of hydrogen-bond acceptors (Lipinski definition) is 4. The van der Waals surface area contributed by atoms with Crippen LogP contribution in [0, 0.1) is 6.92 Å². The fourth-order valence-corrected chi connectivity index (χ4v) is 3.73. The maximum atomic E-state index is 12.1. The number of aromatic nitrogens is 2. The van der Waals surface area contributed by atoms with Gasteiger partial charge in [0.25, 0.3) is 0 Å². The number of rotatable bonds is 9. The first-order chi connectivity index (χ1) is 13.0. The van der Waals surface area contributed by atoms with Crippen molar-refractivity contribution < 1.29 is 8.42 Å². The number of benzene rings is 2. The molecule has 0 atom stereocenters. The molecule has 0 aliphatic carbocycles. The summed E-state index contributed by atoms with van der Waals surface area (Å²) in [5.74, 6) is 0.0253. The first kappa shape index (κ1) is 19.3. The number of aryl methyl sites for hydroxylation is 1. The van der Waals surface area contributed by atoms with Crippen LogP contribution in [0.15, 0.2) is 60.8 Å². The Morgan fingerprint density at radius 1 is 1.04 bits per heavy atom. The van der Waals surface area contributed by atoms with Gasteiger partial charge in [0.15, 0.2) is 0 Å². The van der Waals surface area contributed by atoms with Crippen LogP contribution < -0.4 is 10.0 Å². The van der Waals surface area contributed by atoms with Gasteiger partial charge in [0.05, 0.1) is 17.6 Å². The highest BCUT2D eigenvalue weighted by Gasteiger charge is 2.11. The van der Waals surface area contributed by atoms with E-state index in [2.05, 4.69) is 26.3 Å². The van der Waals surface area contributed by atoms with Crippen molar-refractivity contribution in [2.75, 3.05) is 12.3 Å². The van der Waals surface area contributed by atoms with Crippen molar-refractivity contribution >= 4 is 10.0 Å². The molecule has 3 aromatic rings. The summed E-state index contributed by atoms with van der Waals surface area (Å²) in [4.78, 5) is 0. The Balaban J connectivity index is 1.48. The number of hydrogen-bond donors (Lipinski definition) is 3. The Bertz CT molecular complexity index is 968. The second-order valence-electron chi connectivity index (χ2n) is 6.44. The van der Waals surface area contributed by atoms with Gasteiger partial charge in [-0.1, -0.05) is 54.1 Å². The molecule has 1 heterocycles. The van der Waals surface area contributed by atoms with E-state index >= 15 is 0 Å². The van der Waals surface area contributed by atoms with Crippen LogP contribution in [0.5, 0.6) is 0 Å². The van der Waals surface area contributed by atoms with Crippen LogP contribution in [0.3, 0.4) is 0 Å². The minimum absolute atomic E-state index is 0.0253. The topological polar surface area (TPSA) is 86.9 Å². The molecule has 0 fully saturated rings. The molecule has 142 valence electrons. The van der Waals surface area contributed by atoms with E-state index in [4.69, 9.17) is 0 Å². The summed E-state index contributed by atoms with van der Waals surface area (Å²) in [5, 5.41) is 10.3. The van der Waals surface area contributed by atoms with E-state index in [9.17, 15) is 8.42 Å². The lowest BCUT2D eigenvalue weighted by Crippen LogP contribution is -2.31. The van der Waals surface area contributed by atoms with Crippen LogP contribution >= 0.6 is 0 Å². The number of nitrogens with zero attached hydrogens (tertiary/aromatic N) is 1. The number of aromatic amines is 1. The van der Waals surface area contributed by atoms with E-state index < -0.39 is 10.0 Å². The Morgan fingerprint density at radius 3 is 2.63 bits per heavy atom. The zero-order chi connectivity index (χ0) is 19.1. The molecule has 0 saturated heterocycles. The average molecular weight is 385 g/mol. The molecule has 3 rings (SSSR count). The molecular formula is C20H24N4O2S. The van der Waals surface area contributed by atoms with Crippen LogP contribution in [0.25, 0.3) is 11.3 Å². The van der Waals surface area contributed by atoms with Crippen molar-refractivity contribution in [3.8, 4) is 11.3 Å². The molecule has 2 aromatic carbocycles. The van der Waals surface area contributed by atoms with Gasteiger partial charge in [0, 0.05) is 30.8 Å². The van der Waals surface area contributed by atoms with Gasteiger partial charge in [0.2, 0.25) is 10.0 Å². The third-order valence-corrected chi connectivity index (χ3v) is 5.55. The fourth-order valence-electron chi connectivity index (χ4n) is 2.79. The smallest absolute Gasteiger partial charge is 0.213 e. The van der Waals surface area contributed by atoms with E-state index in [1.54, 1.807) is 6.20 Å². The molecule has 0 radical (unpaired) electrons. The molecule has 3 N–H and O–H groups in total. The lowest BCUT2D eigenvalue weighted by Gasteiger charge is -2.09. The van der Waals surface area contributed by atoms with Crippen molar-refractivity contribution in [2.24, 2.45) is 0 Å².